The second-order valence-electron chi connectivity index (χ2n) is 16.1. The van der Waals surface area contributed by atoms with Gasteiger partial charge in [0.15, 0.2) is 0 Å². The van der Waals surface area contributed by atoms with Gasteiger partial charge in [-0.2, -0.15) is 0 Å². The highest BCUT2D eigenvalue weighted by Crippen LogP contribution is 2.51. The van der Waals surface area contributed by atoms with Gasteiger partial charge in [0.2, 0.25) is 0 Å². The van der Waals surface area contributed by atoms with Crippen LogP contribution in [0.2, 0.25) is 0 Å². The molecule has 1 aliphatic rings. The average Bonchev–Trinajstić information content (AvgIpc) is 3.57. The molecule has 268 valence electrons. The van der Waals surface area contributed by atoms with E-state index in [1.807, 2.05) is 0 Å². The van der Waals surface area contributed by atoms with E-state index in [9.17, 15) is 0 Å². The van der Waals surface area contributed by atoms with Gasteiger partial charge in [-0.15, -0.1) is 0 Å². The number of benzene rings is 9. The Morgan fingerprint density at radius 2 is 0.893 bits per heavy atom. The van der Waals surface area contributed by atoms with Gasteiger partial charge < -0.3 is 4.90 Å². The van der Waals surface area contributed by atoms with Crippen LogP contribution in [-0.4, -0.2) is 0 Å². The van der Waals surface area contributed by atoms with Crippen LogP contribution in [0.1, 0.15) is 48.9 Å². The first-order chi connectivity index (χ1) is 27.4. The summed E-state index contributed by atoms with van der Waals surface area (Å²) in [6.07, 6.45) is 0. The van der Waals surface area contributed by atoms with Crippen molar-refractivity contribution in [2.24, 2.45) is 0 Å². The highest BCUT2D eigenvalue weighted by atomic mass is 15.1. The van der Waals surface area contributed by atoms with E-state index in [1.54, 1.807) is 0 Å². The smallest absolute Gasteiger partial charge is 0.0468 e. The van der Waals surface area contributed by atoms with Crippen LogP contribution < -0.4 is 4.90 Å². The third-order valence-corrected chi connectivity index (χ3v) is 11.7. The van der Waals surface area contributed by atoms with Crippen molar-refractivity contribution in [2.45, 2.75) is 32.1 Å². The summed E-state index contributed by atoms with van der Waals surface area (Å²) in [5.41, 5.74) is 16.5. The molecule has 1 atom stereocenters. The molecule has 0 fully saturated rings. The molecular weight excluding hydrogens is 675 g/mol. The van der Waals surface area contributed by atoms with Crippen LogP contribution in [0.15, 0.2) is 200 Å². The number of rotatable bonds is 6. The van der Waals surface area contributed by atoms with Crippen molar-refractivity contribution in [1.29, 1.82) is 0 Å². The lowest BCUT2D eigenvalue weighted by molar-refractivity contribution is 0.591. The minimum absolute atomic E-state index is 0.0333. The topological polar surface area (TPSA) is 3.24 Å². The van der Waals surface area contributed by atoms with Gasteiger partial charge in [0.05, 0.1) is 0 Å². The molecule has 9 aromatic carbocycles. The third-order valence-electron chi connectivity index (χ3n) is 11.7. The zero-order chi connectivity index (χ0) is 37.8. The quantitative estimate of drug-likeness (QED) is 0.155. The predicted octanol–water partition coefficient (Wildman–Crippen LogP) is 15.3. The molecule has 0 saturated heterocycles. The van der Waals surface area contributed by atoms with Gasteiger partial charge in [0.1, 0.15) is 0 Å². The molecule has 1 aliphatic carbocycles. The molecule has 0 radical (unpaired) electrons. The number of hydrogen-bond donors (Lipinski definition) is 0. The Balaban J connectivity index is 1.11. The summed E-state index contributed by atoms with van der Waals surface area (Å²) in [4.78, 5) is 2.35. The summed E-state index contributed by atoms with van der Waals surface area (Å²) < 4.78 is 0. The lowest BCUT2D eigenvalue weighted by atomic mass is 9.81. The fraction of sp³-hybridized carbons (Fsp3) is 0.0909. The van der Waals surface area contributed by atoms with E-state index in [1.165, 1.54) is 77.2 Å². The van der Waals surface area contributed by atoms with Crippen molar-refractivity contribution >= 4 is 38.6 Å². The van der Waals surface area contributed by atoms with Gasteiger partial charge in [-0.05, 0) is 125 Å². The maximum atomic E-state index is 2.44. The number of nitrogens with zero attached hydrogens (tertiary/aromatic N) is 1. The summed E-state index contributed by atoms with van der Waals surface area (Å²) in [6, 6.07) is 73.8. The molecule has 0 aliphatic heterocycles. The fourth-order valence-electron chi connectivity index (χ4n) is 9.00. The summed E-state index contributed by atoms with van der Waals surface area (Å²) in [5, 5.41) is 5.15. The van der Waals surface area contributed by atoms with Crippen LogP contribution in [0.3, 0.4) is 0 Å². The Morgan fingerprint density at radius 3 is 1.54 bits per heavy atom. The van der Waals surface area contributed by atoms with E-state index in [2.05, 4.69) is 226 Å². The van der Waals surface area contributed by atoms with Crippen LogP contribution >= 0.6 is 0 Å². The highest BCUT2D eigenvalue weighted by Gasteiger charge is 2.31. The van der Waals surface area contributed by atoms with Crippen molar-refractivity contribution in [3.63, 3.8) is 0 Å². The normalized spacial score (nSPS) is 13.4. The first kappa shape index (κ1) is 33.8. The first-order valence-electron chi connectivity index (χ1n) is 19.7. The molecule has 56 heavy (non-hydrogen) atoms. The van der Waals surface area contributed by atoms with E-state index < -0.39 is 0 Å². The van der Waals surface area contributed by atoms with E-state index in [4.69, 9.17) is 0 Å². The zero-order valence-electron chi connectivity index (χ0n) is 32.1. The molecule has 0 N–H and O–H groups in total. The maximum Gasteiger partial charge on any atom is 0.0468 e. The molecule has 0 bridgehead atoms. The van der Waals surface area contributed by atoms with Gasteiger partial charge in [-0.25, -0.2) is 0 Å². The molecule has 0 amide bonds. The Kier molecular flexibility index (Phi) is 8.19. The minimum Gasteiger partial charge on any atom is -0.310 e. The van der Waals surface area contributed by atoms with Crippen LogP contribution in [0.5, 0.6) is 0 Å². The van der Waals surface area contributed by atoms with Gasteiger partial charge in [-0.3, -0.25) is 0 Å². The van der Waals surface area contributed by atoms with Gasteiger partial charge in [0.25, 0.3) is 0 Å². The third kappa shape index (κ3) is 5.71. The zero-order valence-corrected chi connectivity index (χ0v) is 32.1. The monoisotopic (exact) mass is 717 g/mol. The molecule has 9 aromatic rings. The minimum atomic E-state index is 0.0333. The van der Waals surface area contributed by atoms with E-state index in [0.29, 0.717) is 0 Å². The van der Waals surface area contributed by atoms with E-state index in [0.717, 1.165) is 17.1 Å². The predicted molar refractivity (Wildman–Crippen MR) is 239 cm³/mol. The lowest BCUT2D eigenvalue weighted by Crippen LogP contribution is -2.10. The molecule has 0 saturated carbocycles. The van der Waals surface area contributed by atoms with Crippen molar-refractivity contribution in [1.82, 2.24) is 0 Å². The Bertz CT molecular complexity index is 2830. The SMILES string of the molecule is CC(C)(C)c1ccc2c(-c3ccc(C4c5ccccc5-c5cc(N(c6ccccc6)c6ccccc6)ccc54)cc3)c3ccccc3c(-c3ccccc3)c2c1. The van der Waals surface area contributed by atoms with E-state index >= 15 is 0 Å². The maximum absolute atomic E-state index is 2.44. The molecule has 0 heterocycles. The molecule has 10 rings (SSSR count). The fourth-order valence-corrected chi connectivity index (χ4v) is 9.00. The molecule has 0 aromatic heterocycles. The lowest BCUT2D eigenvalue weighted by Gasteiger charge is -2.26. The second-order valence-corrected chi connectivity index (χ2v) is 16.1. The summed E-state index contributed by atoms with van der Waals surface area (Å²) in [6.45, 7) is 6.92. The molecule has 1 heteroatoms. The second kappa shape index (κ2) is 13.6. The molecule has 0 spiro atoms. The van der Waals surface area contributed by atoms with Gasteiger partial charge in [0, 0.05) is 23.0 Å². The Morgan fingerprint density at radius 1 is 0.375 bits per heavy atom. The van der Waals surface area contributed by atoms with Crippen molar-refractivity contribution < 1.29 is 0 Å². The Hall–Kier alpha value is -6.70. The molecular formula is C55H43N. The number of para-hydroxylation sites is 2. The molecule has 1 unspecified atom stereocenters. The standard InChI is InChI=1S/C55H43N/c1-55(2,3)40-31-33-49-51(35-40)54(37-17-7-4-8-18-37)47-26-16-15-25-46(47)53(49)39-29-27-38(28-30-39)52-45-24-14-13-23-44(45)50-36-43(32-34-48(50)52)56(41-19-9-5-10-20-41)42-21-11-6-12-22-42/h4-36,52H,1-3H3. The largest absolute Gasteiger partial charge is 0.310 e. The van der Waals surface area contributed by atoms with Crippen LogP contribution in [0.25, 0.3) is 54.9 Å². The Labute approximate surface area is 330 Å². The highest BCUT2D eigenvalue weighted by molar-refractivity contribution is 6.21. The number of fused-ring (bicyclic) bond motifs is 5. The van der Waals surface area contributed by atoms with Crippen LogP contribution in [0, 0.1) is 0 Å². The summed E-state index contributed by atoms with van der Waals surface area (Å²) in [7, 11) is 0. The average molecular weight is 718 g/mol. The summed E-state index contributed by atoms with van der Waals surface area (Å²) in [5.74, 6) is 0.148. The summed E-state index contributed by atoms with van der Waals surface area (Å²) >= 11 is 0. The van der Waals surface area contributed by atoms with Crippen LogP contribution in [-0.2, 0) is 5.41 Å². The number of anilines is 3. The van der Waals surface area contributed by atoms with Gasteiger partial charge >= 0.3 is 0 Å². The van der Waals surface area contributed by atoms with Crippen LogP contribution in [0.4, 0.5) is 17.1 Å². The first-order valence-corrected chi connectivity index (χ1v) is 19.7. The van der Waals surface area contributed by atoms with Gasteiger partial charge in [-0.1, -0.05) is 178 Å². The molecule has 1 nitrogen and oxygen atoms in total. The van der Waals surface area contributed by atoms with E-state index in [-0.39, 0.29) is 11.3 Å². The van der Waals surface area contributed by atoms with Crippen molar-refractivity contribution in [2.75, 3.05) is 4.90 Å². The van der Waals surface area contributed by atoms with Crippen molar-refractivity contribution in [3.8, 4) is 33.4 Å². The van der Waals surface area contributed by atoms with Crippen molar-refractivity contribution in [3.05, 3.63) is 222 Å². The number of hydrogen-bond acceptors (Lipinski definition) is 1.